The summed E-state index contributed by atoms with van der Waals surface area (Å²) in [6.07, 6.45) is 14.2. The van der Waals surface area contributed by atoms with Gasteiger partial charge in [0.25, 0.3) is 0 Å². The Kier molecular flexibility index (Phi) is 14.5. The first kappa shape index (κ1) is 17.2. The molecular formula is C15H32ClN. The lowest BCUT2D eigenvalue weighted by atomic mass is 10.1. The molecule has 0 bridgehead atoms. The lowest BCUT2D eigenvalue weighted by Crippen LogP contribution is -2.21. The van der Waals surface area contributed by atoms with Gasteiger partial charge in [-0.25, -0.2) is 0 Å². The zero-order chi connectivity index (χ0) is 12.8. The fourth-order valence-corrected chi connectivity index (χ4v) is 2.41. The summed E-state index contributed by atoms with van der Waals surface area (Å²) in [5.74, 6) is 0.758. The topological polar surface area (TPSA) is 3.24 Å². The van der Waals surface area contributed by atoms with Gasteiger partial charge in [-0.2, -0.15) is 0 Å². The van der Waals surface area contributed by atoms with Crippen LogP contribution >= 0.6 is 11.6 Å². The Bertz CT molecular complexity index is 139. The molecule has 2 heteroatoms. The maximum absolute atomic E-state index is 5.69. The van der Waals surface area contributed by atoms with E-state index in [2.05, 4.69) is 18.9 Å². The maximum atomic E-state index is 5.69. The number of nitrogens with zero attached hydrogens (tertiary/aromatic N) is 1. The summed E-state index contributed by atoms with van der Waals surface area (Å²) in [4.78, 5) is 2.33. The molecule has 0 aliphatic rings. The average Bonchev–Trinajstić information content (AvgIpc) is 2.32. The summed E-state index contributed by atoms with van der Waals surface area (Å²) in [7, 11) is 2.16. The first-order valence-electron chi connectivity index (χ1n) is 7.55. The first-order valence-corrected chi connectivity index (χ1v) is 8.09. The van der Waals surface area contributed by atoms with E-state index in [1.54, 1.807) is 0 Å². The van der Waals surface area contributed by atoms with Crippen molar-refractivity contribution in [2.75, 3.05) is 26.0 Å². The minimum atomic E-state index is 0.758. The van der Waals surface area contributed by atoms with Crippen molar-refractivity contribution in [3.63, 3.8) is 0 Å². The average molecular weight is 262 g/mol. The maximum Gasteiger partial charge on any atom is 0.0351 e. The second kappa shape index (κ2) is 14.3. The number of alkyl halides is 1. The van der Waals surface area contributed by atoms with E-state index in [1.165, 1.54) is 70.8 Å². The minimum absolute atomic E-state index is 0.758. The largest absolute Gasteiger partial charge is 0.305 e. The molecule has 0 aromatic carbocycles. The highest BCUT2D eigenvalue weighted by Gasteiger charge is 1.96. The third kappa shape index (κ3) is 14.2. The Morgan fingerprint density at radius 3 is 1.65 bits per heavy atom. The Balaban J connectivity index is 2.98. The Labute approximate surface area is 114 Å². The summed E-state index contributed by atoms with van der Waals surface area (Å²) in [6, 6.07) is 0. The SMILES string of the molecule is CCCCCCCCCCCCN(C)CCCl. The third-order valence-electron chi connectivity index (χ3n) is 3.36. The van der Waals surface area contributed by atoms with Crippen LogP contribution < -0.4 is 0 Å². The van der Waals surface area contributed by atoms with Gasteiger partial charge < -0.3 is 4.90 Å². The molecule has 0 unspecified atom stereocenters. The van der Waals surface area contributed by atoms with Crippen LogP contribution in [0.3, 0.4) is 0 Å². The zero-order valence-corrected chi connectivity index (χ0v) is 12.8. The second-order valence-corrected chi connectivity index (χ2v) is 5.55. The molecule has 1 nitrogen and oxygen atoms in total. The Morgan fingerprint density at radius 1 is 0.706 bits per heavy atom. The fraction of sp³-hybridized carbons (Fsp3) is 1.00. The predicted molar refractivity (Wildman–Crippen MR) is 80.1 cm³/mol. The number of rotatable bonds is 13. The molecule has 17 heavy (non-hydrogen) atoms. The van der Waals surface area contributed by atoms with Crippen LogP contribution in [0.25, 0.3) is 0 Å². The van der Waals surface area contributed by atoms with Crippen LogP contribution in [0, 0.1) is 0 Å². The van der Waals surface area contributed by atoms with Crippen molar-refractivity contribution < 1.29 is 0 Å². The van der Waals surface area contributed by atoms with E-state index in [0.29, 0.717) is 0 Å². The zero-order valence-electron chi connectivity index (χ0n) is 12.0. The molecule has 0 aromatic heterocycles. The van der Waals surface area contributed by atoms with E-state index in [0.717, 1.165) is 12.4 Å². The van der Waals surface area contributed by atoms with Crippen LogP contribution in [0.2, 0.25) is 0 Å². The highest BCUT2D eigenvalue weighted by Crippen LogP contribution is 2.10. The molecular weight excluding hydrogens is 230 g/mol. The molecule has 0 aromatic rings. The molecule has 0 rings (SSSR count). The Morgan fingerprint density at radius 2 is 1.18 bits per heavy atom. The van der Waals surface area contributed by atoms with Gasteiger partial charge in [0.15, 0.2) is 0 Å². The van der Waals surface area contributed by atoms with Crippen molar-refractivity contribution in [1.82, 2.24) is 4.90 Å². The molecule has 0 saturated heterocycles. The molecule has 0 N–H and O–H groups in total. The lowest BCUT2D eigenvalue weighted by Gasteiger charge is -2.14. The van der Waals surface area contributed by atoms with Crippen molar-refractivity contribution in [2.45, 2.75) is 71.1 Å². The molecule has 0 saturated carbocycles. The van der Waals surface area contributed by atoms with Gasteiger partial charge >= 0.3 is 0 Å². The normalized spacial score (nSPS) is 11.3. The molecule has 0 heterocycles. The number of halogens is 1. The summed E-state index contributed by atoms with van der Waals surface area (Å²) in [5, 5.41) is 0. The number of unbranched alkanes of at least 4 members (excludes halogenated alkanes) is 9. The molecule has 0 aliphatic heterocycles. The van der Waals surface area contributed by atoms with Gasteiger partial charge in [-0.15, -0.1) is 11.6 Å². The molecule has 0 aliphatic carbocycles. The highest BCUT2D eigenvalue weighted by molar-refractivity contribution is 6.18. The molecule has 0 spiro atoms. The van der Waals surface area contributed by atoms with E-state index in [-0.39, 0.29) is 0 Å². The van der Waals surface area contributed by atoms with Gasteiger partial charge in [0, 0.05) is 12.4 Å². The lowest BCUT2D eigenvalue weighted by molar-refractivity contribution is 0.342. The summed E-state index contributed by atoms with van der Waals surface area (Å²) >= 11 is 5.69. The minimum Gasteiger partial charge on any atom is -0.305 e. The van der Waals surface area contributed by atoms with Crippen LogP contribution in [-0.2, 0) is 0 Å². The van der Waals surface area contributed by atoms with Crippen molar-refractivity contribution in [3.05, 3.63) is 0 Å². The van der Waals surface area contributed by atoms with Crippen LogP contribution in [0.15, 0.2) is 0 Å². The third-order valence-corrected chi connectivity index (χ3v) is 3.53. The van der Waals surface area contributed by atoms with E-state index < -0.39 is 0 Å². The summed E-state index contributed by atoms with van der Waals surface area (Å²) < 4.78 is 0. The van der Waals surface area contributed by atoms with Crippen LogP contribution in [0.4, 0.5) is 0 Å². The van der Waals surface area contributed by atoms with Gasteiger partial charge in [0.05, 0.1) is 0 Å². The van der Waals surface area contributed by atoms with Gasteiger partial charge in [-0.3, -0.25) is 0 Å². The van der Waals surface area contributed by atoms with Crippen molar-refractivity contribution in [1.29, 1.82) is 0 Å². The molecule has 0 amide bonds. The van der Waals surface area contributed by atoms with Crippen LogP contribution in [-0.4, -0.2) is 30.9 Å². The fourth-order valence-electron chi connectivity index (χ4n) is 2.13. The summed E-state index contributed by atoms with van der Waals surface area (Å²) in [6.45, 7) is 4.52. The van der Waals surface area contributed by atoms with Gasteiger partial charge in [-0.1, -0.05) is 64.7 Å². The summed E-state index contributed by atoms with van der Waals surface area (Å²) in [5.41, 5.74) is 0. The van der Waals surface area contributed by atoms with E-state index in [4.69, 9.17) is 11.6 Å². The number of hydrogen-bond donors (Lipinski definition) is 0. The standard InChI is InChI=1S/C15H32ClN/c1-3-4-5-6-7-8-9-10-11-12-14-17(2)15-13-16/h3-15H2,1-2H3. The van der Waals surface area contributed by atoms with Crippen molar-refractivity contribution >= 4 is 11.6 Å². The second-order valence-electron chi connectivity index (χ2n) is 5.17. The van der Waals surface area contributed by atoms with Gasteiger partial charge in [0.1, 0.15) is 0 Å². The van der Waals surface area contributed by atoms with Gasteiger partial charge in [-0.05, 0) is 20.0 Å². The molecule has 0 radical (unpaired) electrons. The smallest absolute Gasteiger partial charge is 0.0351 e. The van der Waals surface area contributed by atoms with Gasteiger partial charge in [0.2, 0.25) is 0 Å². The molecule has 104 valence electrons. The first-order chi connectivity index (χ1) is 8.31. The van der Waals surface area contributed by atoms with E-state index in [1.807, 2.05) is 0 Å². The predicted octanol–water partition coefficient (Wildman–Crippen LogP) is 5.08. The quantitative estimate of drug-likeness (QED) is 0.330. The monoisotopic (exact) mass is 261 g/mol. The van der Waals surface area contributed by atoms with Crippen molar-refractivity contribution in [3.8, 4) is 0 Å². The Hall–Kier alpha value is 0.250. The molecule has 0 fully saturated rings. The highest BCUT2D eigenvalue weighted by atomic mass is 35.5. The van der Waals surface area contributed by atoms with Crippen LogP contribution in [0.5, 0.6) is 0 Å². The molecule has 0 atom stereocenters. The number of hydrogen-bond acceptors (Lipinski definition) is 1. The van der Waals surface area contributed by atoms with E-state index in [9.17, 15) is 0 Å². The van der Waals surface area contributed by atoms with Crippen LogP contribution in [0.1, 0.15) is 71.1 Å². The van der Waals surface area contributed by atoms with E-state index >= 15 is 0 Å². The van der Waals surface area contributed by atoms with Crippen molar-refractivity contribution in [2.24, 2.45) is 0 Å².